The van der Waals surface area contributed by atoms with E-state index in [1.165, 1.54) is 44.2 Å². The second kappa shape index (κ2) is 11.0. The Hall–Kier alpha value is -0.860. The van der Waals surface area contributed by atoms with Crippen molar-refractivity contribution in [2.24, 2.45) is 4.99 Å². The molecule has 1 aromatic rings. The van der Waals surface area contributed by atoms with E-state index >= 15 is 0 Å². The van der Waals surface area contributed by atoms with Crippen LogP contribution in [0.4, 0.5) is 0 Å². The normalized spacial score (nSPS) is 25.6. The monoisotopic (exact) mass is 512 g/mol. The Morgan fingerprint density at radius 3 is 2.55 bits per heavy atom. The van der Waals surface area contributed by atoms with Gasteiger partial charge in [0.25, 0.3) is 0 Å². The van der Waals surface area contributed by atoms with Gasteiger partial charge in [-0.15, -0.1) is 24.0 Å². The molecule has 3 fully saturated rings. The largest absolute Gasteiger partial charge is 0.381 e. The molecule has 29 heavy (non-hydrogen) atoms. The Kier molecular flexibility index (Phi) is 8.62. The summed E-state index contributed by atoms with van der Waals surface area (Å²) < 4.78 is 5.67. The number of benzene rings is 1. The van der Waals surface area contributed by atoms with Crippen molar-refractivity contribution >= 4 is 29.9 Å². The molecule has 1 saturated carbocycles. The number of aliphatic imine (C=N–C) groups is 1. The van der Waals surface area contributed by atoms with Crippen LogP contribution in [0.25, 0.3) is 0 Å². The minimum atomic E-state index is 0. The second-order valence-corrected chi connectivity index (χ2v) is 8.75. The maximum Gasteiger partial charge on any atom is 0.191 e. The van der Waals surface area contributed by atoms with Gasteiger partial charge in [-0.25, -0.2) is 0 Å². The van der Waals surface area contributed by atoms with Gasteiger partial charge in [0, 0.05) is 57.4 Å². The van der Waals surface area contributed by atoms with Gasteiger partial charge in [0.2, 0.25) is 0 Å². The molecule has 0 amide bonds. The molecule has 1 unspecified atom stereocenters. The first kappa shape index (κ1) is 22.8. The molecular formula is C23H37IN4O. The molecule has 0 spiro atoms. The number of hydrogen-bond donors (Lipinski definition) is 2. The summed E-state index contributed by atoms with van der Waals surface area (Å²) in [6.45, 7) is 4.95. The molecule has 2 aliphatic heterocycles. The van der Waals surface area contributed by atoms with Crippen LogP contribution in [0.15, 0.2) is 35.3 Å². The highest BCUT2D eigenvalue weighted by molar-refractivity contribution is 14.0. The number of halogens is 1. The molecule has 4 rings (SSSR count). The van der Waals surface area contributed by atoms with Crippen LogP contribution in [0.1, 0.15) is 50.5 Å². The quantitative estimate of drug-likeness (QED) is 0.360. The SMILES string of the molecule is CN=C(NCC1(c2ccccc2)CCOCC1)NC1CCN(C2CCCC2)C1.I. The Morgan fingerprint density at radius 2 is 1.86 bits per heavy atom. The lowest BCUT2D eigenvalue weighted by Crippen LogP contribution is -2.50. The van der Waals surface area contributed by atoms with E-state index in [1.807, 2.05) is 7.05 Å². The molecule has 2 N–H and O–H groups in total. The van der Waals surface area contributed by atoms with E-state index in [0.29, 0.717) is 6.04 Å². The van der Waals surface area contributed by atoms with E-state index in [9.17, 15) is 0 Å². The standard InChI is InChI=1S/C23H36N4O.HI/c1-24-22(26-20-11-14-27(17-20)21-9-5-6-10-21)25-18-23(12-15-28-16-13-23)19-7-3-2-4-8-19;/h2-4,7-8,20-21H,5-6,9-18H2,1H3,(H2,24,25,26);1H. The smallest absolute Gasteiger partial charge is 0.191 e. The third-order valence-corrected chi connectivity index (χ3v) is 7.06. The lowest BCUT2D eigenvalue weighted by molar-refractivity contribution is 0.0513. The summed E-state index contributed by atoms with van der Waals surface area (Å²) >= 11 is 0. The van der Waals surface area contributed by atoms with Crippen LogP contribution in [-0.2, 0) is 10.2 Å². The van der Waals surface area contributed by atoms with Gasteiger partial charge < -0.3 is 15.4 Å². The number of nitrogens with one attached hydrogen (secondary N) is 2. The number of likely N-dealkylation sites (tertiary alicyclic amines) is 1. The van der Waals surface area contributed by atoms with Gasteiger partial charge in [-0.05, 0) is 37.7 Å². The zero-order valence-corrected chi connectivity index (χ0v) is 20.1. The Labute approximate surface area is 193 Å². The Balaban J connectivity index is 0.00000240. The zero-order valence-electron chi connectivity index (χ0n) is 17.7. The summed E-state index contributed by atoms with van der Waals surface area (Å²) in [5.41, 5.74) is 1.54. The number of hydrogen-bond acceptors (Lipinski definition) is 3. The van der Waals surface area contributed by atoms with Crippen molar-refractivity contribution in [1.29, 1.82) is 0 Å². The molecule has 6 heteroatoms. The van der Waals surface area contributed by atoms with Crippen molar-refractivity contribution in [3.8, 4) is 0 Å². The first-order valence-electron chi connectivity index (χ1n) is 11.1. The Morgan fingerprint density at radius 1 is 1.14 bits per heavy atom. The van der Waals surface area contributed by atoms with Gasteiger partial charge in [0.05, 0.1) is 0 Å². The van der Waals surface area contributed by atoms with Gasteiger partial charge in [-0.1, -0.05) is 43.2 Å². The topological polar surface area (TPSA) is 48.9 Å². The summed E-state index contributed by atoms with van der Waals surface area (Å²) in [6.07, 6.45) is 8.93. The lowest BCUT2D eigenvalue weighted by atomic mass is 9.74. The molecule has 1 aliphatic carbocycles. The molecule has 1 atom stereocenters. The van der Waals surface area contributed by atoms with Crippen molar-refractivity contribution in [3.63, 3.8) is 0 Å². The van der Waals surface area contributed by atoms with Crippen molar-refractivity contribution in [1.82, 2.24) is 15.5 Å². The van der Waals surface area contributed by atoms with Crippen LogP contribution in [0.5, 0.6) is 0 Å². The maximum absolute atomic E-state index is 5.67. The maximum atomic E-state index is 5.67. The molecule has 2 saturated heterocycles. The summed E-state index contributed by atoms with van der Waals surface area (Å²) in [7, 11) is 1.89. The third kappa shape index (κ3) is 5.64. The van der Waals surface area contributed by atoms with Crippen molar-refractivity contribution in [2.45, 2.75) is 62.4 Å². The van der Waals surface area contributed by atoms with Gasteiger partial charge in [0.1, 0.15) is 0 Å². The van der Waals surface area contributed by atoms with Crippen molar-refractivity contribution < 1.29 is 4.74 Å². The van der Waals surface area contributed by atoms with Crippen molar-refractivity contribution in [3.05, 3.63) is 35.9 Å². The second-order valence-electron chi connectivity index (χ2n) is 8.75. The first-order chi connectivity index (χ1) is 13.8. The Bertz CT molecular complexity index is 642. The van der Waals surface area contributed by atoms with E-state index in [-0.39, 0.29) is 29.4 Å². The predicted molar refractivity (Wildman–Crippen MR) is 130 cm³/mol. The van der Waals surface area contributed by atoms with Gasteiger partial charge >= 0.3 is 0 Å². The summed E-state index contributed by atoms with van der Waals surface area (Å²) in [5.74, 6) is 0.945. The molecule has 0 aromatic heterocycles. The minimum absolute atomic E-state index is 0. The number of nitrogens with zero attached hydrogens (tertiary/aromatic N) is 2. The van der Waals surface area contributed by atoms with Crippen LogP contribution < -0.4 is 10.6 Å². The van der Waals surface area contributed by atoms with Crippen LogP contribution in [0.3, 0.4) is 0 Å². The van der Waals surface area contributed by atoms with Crippen LogP contribution in [0, 0.1) is 0 Å². The molecule has 5 nitrogen and oxygen atoms in total. The fraction of sp³-hybridized carbons (Fsp3) is 0.696. The number of rotatable bonds is 5. The summed E-state index contributed by atoms with van der Waals surface area (Å²) in [5, 5.41) is 7.35. The van der Waals surface area contributed by atoms with Gasteiger partial charge in [-0.3, -0.25) is 9.89 Å². The lowest BCUT2D eigenvalue weighted by Gasteiger charge is -2.38. The van der Waals surface area contributed by atoms with Crippen LogP contribution >= 0.6 is 24.0 Å². The van der Waals surface area contributed by atoms with E-state index in [0.717, 1.165) is 51.1 Å². The molecule has 162 valence electrons. The van der Waals surface area contributed by atoms with E-state index < -0.39 is 0 Å². The highest BCUT2D eigenvalue weighted by Crippen LogP contribution is 2.34. The zero-order chi connectivity index (χ0) is 19.2. The first-order valence-corrected chi connectivity index (χ1v) is 11.1. The minimum Gasteiger partial charge on any atom is -0.381 e. The highest BCUT2D eigenvalue weighted by Gasteiger charge is 2.35. The fourth-order valence-corrected chi connectivity index (χ4v) is 5.27. The van der Waals surface area contributed by atoms with E-state index in [2.05, 4.69) is 50.9 Å². The molecule has 0 bridgehead atoms. The summed E-state index contributed by atoms with van der Waals surface area (Å²) in [4.78, 5) is 7.22. The third-order valence-electron chi connectivity index (χ3n) is 7.06. The number of ether oxygens (including phenoxy) is 1. The molecule has 1 aromatic carbocycles. The van der Waals surface area contributed by atoms with E-state index in [4.69, 9.17) is 4.74 Å². The fourth-order valence-electron chi connectivity index (χ4n) is 5.27. The molecular weight excluding hydrogens is 475 g/mol. The predicted octanol–water partition coefficient (Wildman–Crippen LogP) is 3.53. The van der Waals surface area contributed by atoms with Gasteiger partial charge in [0.15, 0.2) is 5.96 Å². The van der Waals surface area contributed by atoms with Crippen LogP contribution in [-0.4, -0.2) is 62.8 Å². The summed E-state index contributed by atoms with van der Waals surface area (Å²) in [6, 6.07) is 12.3. The highest BCUT2D eigenvalue weighted by atomic mass is 127. The van der Waals surface area contributed by atoms with Gasteiger partial charge in [-0.2, -0.15) is 0 Å². The average molecular weight is 512 g/mol. The molecule has 3 aliphatic rings. The number of guanidine groups is 1. The molecule has 0 radical (unpaired) electrons. The van der Waals surface area contributed by atoms with E-state index in [1.54, 1.807) is 0 Å². The van der Waals surface area contributed by atoms with Crippen LogP contribution in [0.2, 0.25) is 0 Å². The van der Waals surface area contributed by atoms with Crippen molar-refractivity contribution in [2.75, 3.05) is 39.9 Å². The molecule has 2 heterocycles. The average Bonchev–Trinajstić information content (AvgIpc) is 3.44.